The first-order chi connectivity index (χ1) is 60.7. The number of amides is 4. The van der Waals surface area contributed by atoms with Crippen molar-refractivity contribution < 1.29 is 138 Å². The van der Waals surface area contributed by atoms with Gasteiger partial charge in [0.25, 0.3) is 23.7 Å². The number of likely N-dealkylation sites (tertiary alicyclic amines) is 3. The number of piperidine rings is 3. The molecule has 50 heteroatoms. The molecule has 3 saturated heterocycles. The zero-order valence-corrected chi connectivity index (χ0v) is 80.4. The lowest BCUT2D eigenvalue weighted by Gasteiger charge is -2.33. The number of ether oxygens (including phenoxy) is 2. The number of esters is 2. The van der Waals surface area contributed by atoms with E-state index in [9.17, 15) is 124 Å². The number of hydrogen-bond donors (Lipinski definition) is 8. The summed E-state index contributed by atoms with van der Waals surface area (Å²) >= 11 is 0. The van der Waals surface area contributed by atoms with E-state index >= 15 is 0 Å². The predicted molar refractivity (Wildman–Crippen MR) is 470 cm³/mol. The van der Waals surface area contributed by atoms with Crippen LogP contribution < -0.4 is 34.7 Å². The van der Waals surface area contributed by atoms with E-state index in [1.165, 1.54) is 43.2 Å². The summed E-state index contributed by atoms with van der Waals surface area (Å²) in [5.74, 6) is -15.8. The highest BCUT2D eigenvalue weighted by atomic mass is 35.7. The van der Waals surface area contributed by atoms with Crippen LogP contribution in [0.25, 0.3) is 11.3 Å². The molecule has 9 N–H and O–H groups in total. The summed E-state index contributed by atoms with van der Waals surface area (Å²) in [6.45, 7) is 5.38. The van der Waals surface area contributed by atoms with Gasteiger partial charge < -0.3 is 40.3 Å². The molecule has 6 aliphatic carbocycles. The number of carbonyl (C=O) groups is 7. The van der Waals surface area contributed by atoms with E-state index in [4.69, 9.17) is 21.5 Å². The van der Waals surface area contributed by atoms with Crippen LogP contribution in [0.1, 0.15) is 249 Å². The summed E-state index contributed by atoms with van der Waals surface area (Å²) in [6, 6.07) is 3.72. The lowest BCUT2D eigenvalue weighted by molar-refractivity contribution is -0.142. The fourth-order valence-electron chi connectivity index (χ4n) is 15.6. The van der Waals surface area contributed by atoms with Gasteiger partial charge in [-0.05, 0) is 132 Å². The van der Waals surface area contributed by atoms with Gasteiger partial charge in [-0.1, -0.05) is 90.8 Å². The zero-order chi connectivity index (χ0) is 97.9. The summed E-state index contributed by atoms with van der Waals surface area (Å²) in [7, 11) is -13.5. The fourth-order valence-corrected chi connectivity index (χ4v) is 25.3. The monoisotopic (exact) mass is 2020 g/mol. The molecule has 752 valence electrons. The third kappa shape index (κ3) is 43.0. The fraction of sp³-hybridized carbons (Fsp3) is 0.802. The number of methoxy groups -OCH3 is 2. The highest BCUT2D eigenvalue weighted by Crippen LogP contribution is 2.41. The molecule has 34 nitrogen and oxygen atoms in total. The van der Waals surface area contributed by atoms with Crippen LogP contribution in [0, 0.1) is 23.7 Å². The number of hydrogen-bond acceptors (Lipinski definition) is 23. The maximum absolute atomic E-state index is 14.0. The number of aliphatic carboxylic acids is 1. The van der Waals surface area contributed by atoms with Crippen LogP contribution in [0.2, 0.25) is 0 Å². The number of nitrogens with one attached hydrogen (secondary N) is 6. The molecule has 4 heterocycles. The van der Waals surface area contributed by atoms with Gasteiger partial charge in [-0.25, -0.2) is 100 Å². The van der Waals surface area contributed by atoms with Gasteiger partial charge in [0.15, 0.2) is 5.69 Å². The lowest BCUT2D eigenvalue weighted by Crippen LogP contribution is -2.51. The van der Waals surface area contributed by atoms with Gasteiger partial charge >= 0.3 is 24.1 Å². The Morgan fingerprint density at radius 1 is 0.473 bits per heavy atom. The van der Waals surface area contributed by atoms with Crippen molar-refractivity contribution in [1.82, 2.24) is 53.4 Å². The molecule has 1 aromatic heterocycles. The molecule has 6 saturated carbocycles. The summed E-state index contributed by atoms with van der Waals surface area (Å²) < 4.78 is 287. The highest BCUT2D eigenvalue weighted by molar-refractivity contribution is 8.13. The first kappa shape index (κ1) is 114. The second kappa shape index (κ2) is 50.8. The second-order valence-corrected chi connectivity index (χ2v) is 47.9. The van der Waals surface area contributed by atoms with E-state index in [1.54, 1.807) is 27.7 Å². The molecular weight excluding hydrogens is 1890 g/mol. The Morgan fingerprint density at radius 2 is 0.809 bits per heavy atom. The van der Waals surface area contributed by atoms with Gasteiger partial charge in [0, 0.05) is 130 Å². The molecule has 0 bridgehead atoms. The molecule has 2 aromatic rings. The number of carboxylic acid groups (broad SMARTS) is 1. The van der Waals surface area contributed by atoms with Crippen molar-refractivity contribution in [3.8, 4) is 11.3 Å². The van der Waals surface area contributed by atoms with Crippen LogP contribution in [0.3, 0.4) is 0 Å². The molecule has 9 aliphatic rings. The van der Waals surface area contributed by atoms with Crippen molar-refractivity contribution in [3.63, 3.8) is 0 Å². The van der Waals surface area contributed by atoms with Crippen molar-refractivity contribution in [1.29, 1.82) is 0 Å². The van der Waals surface area contributed by atoms with Crippen LogP contribution in [0.15, 0.2) is 30.3 Å². The molecule has 0 spiro atoms. The summed E-state index contributed by atoms with van der Waals surface area (Å²) in [5.41, 5.74) is 4.53. The van der Waals surface area contributed by atoms with Crippen molar-refractivity contribution in [2.75, 3.05) is 88.0 Å². The molecule has 0 radical (unpaired) electrons. The zero-order valence-electron chi connectivity index (χ0n) is 74.8. The van der Waals surface area contributed by atoms with Crippen LogP contribution in [-0.4, -0.2) is 270 Å². The Kier molecular flexibility index (Phi) is 44.0. The van der Waals surface area contributed by atoms with E-state index in [0.717, 1.165) is 117 Å². The first-order valence-electron chi connectivity index (χ1n) is 44.3. The van der Waals surface area contributed by atoms with Crippen molar-refractivity contribution in [2.24, 2.45) is 29.4 Å². The average molecular weight is 2020 g/mol. The van der Waals surface area contributed by atoms with Crippen molar-refractivity contribution in [3.05, 3.63) is 41.6 Å². The maximum Gasteiger partial charge on any atom is 0.417 e. The van der Waals surface area contributed by atoms with Gasteiger partial charge in [0.2, 0.25) is 76.9 Å². The number of nitrogens with two attached hydrogens (primary N) is 1. The summed E-state index contributed by atoms with van der Waals surface area (Å²) in [6.07, 6.45) is 10.8. The van der Waals surface area contributed by atoms with Crippen LogP contribution in [0.5, 0.6) is 0 Å². The van der Waals surface area contributed by atoms with Gasteiger partial charge in [0.05, 0.1) is 91.7 Å². The van der Waals surface area contributed by atoms with Gasteiger partial charge in [-0.2, -0.15) is 18.3 Å². The van der Waals surface area contributed by atoms with Crippen molar-refractivity contribution in [2.45, 2.75) is 299 Å². The Balaban J connectivity index is 0.000000259. The molecule has 3 aliphatic heterocycles. The van der Waals surface area contributed by atoms with Gasteiger partial charge in [-0.15, -0.1) is 0 Å². The first-order valence-corrected chi connectivity index (χ1v) is 55.0. The summed E-state index contributed by atoms with van der Waals surface area (Å²) in [4.78, 5) is 85.8. The Hall–Kier alpha value is -6.16. The van der Waals surface area contributed by atoms with E-state index in [2.05, 4.69) is 43.5 Å². The van der Waals surface area contributed by atoms with Gasteiger partial charge in [-0.3, -0.25) is 38.2 Å². The number of carboxylic acids is 1. The topological polar surface area (TPSA) is 489 Å². The number of halogens is 10. The predicted octanol–water partition coefficient (Wildman–Crippen LogP) is 9.06. The Morgan fingerprint density at radius 3 is 1.15 bits per heavy atom. The minimum Gasteiger partial charge on any atom is -0.481 e. The number of nitrogens with zero attached hydrogens (tertiary/aromatic N) is 5. The van der Waals surface area contributed by atoms with Crippen LogP contribution in [0.4, 0.5) is 39.5 Å². The Labute approximate surface area is 767 Å². The van der Waals surface area contributed by atoms with E-state index < -0.39 is 162 Å². The minimum absolute atomic E-state index is 0.0122. The van der Waals surface area contributed by atoms with Crippen molar-refractivity contribution >= 4 is 111 Å². The van der Waals surface area contributed by atoms with Crippen LogP contribution in [-0.2, 0) is 104 Å². The lowest BCUT2D eigenvalue weighted by atomic mass is 9.94. The van der Waals surface area contributed by atoms with Gasteiger partial charge in [0.1, 0.15) is 0 Å². The third-order valence-electron chi connectivity index (χ3n) is 23.2. The van der Waals surface area contributed by atoms with E-state index in [1.807, 2.05) is 0 Å². The number of alkyl halides is 9. The molecule has 131 heavy (non-hydrogen) atoms. The Bertz CT molecular complexity index is 4720. The smallest absolute Gasteiger partial charge is 0.417 e. The number of sulfonamides is 5. The van der Waals surface area contributed by atoms with Crippen LogP contribution >= 0.6 is 10.7 Å². The molecule has 11 rings (SSSR count). The average Bonchev–Trinajstić information content (AvgIpc) is 1.63. The maximum atomic E-state index is 14.0. The molecular formula is C81H130ClF9N12O22S6. The molecule has 1 aromatic carbocycles. The highest BCUT2D eigenvalue weighted by Gasteiger charge is 2.43. The number of aromatic nitrogens is 2. The number of carbonyl (C=O) groups excluding carboxylic acids is 6. The number of benzene rings is 1. The molecule has 6 atom stereocenters. The molecule has 0 unspecified atom stereocenters. The number of rotatable bonds is 38. The normalized spacial score (nSPS) is 20.7. The minimum atomic E-state index is -4.66. The third-order valence-corrected chi connectivity index (χ3v) is 32.8. The quantitative estimate of drug-likeness (QED) is 0.0176. The largest absolute Gasteiger partial charge is 0.481 e. The second-order valence-electron chi connectivity index (χ2n) is 36.1. The summed E-state index contributed by atoms with van der Waals surface area (Å²) in [5, 5.41) is 15.4. The molecule has 9 fully saturated rings. The molecule has 4 amide bonds. The van der Waals surface area contributed by atoms with E-state index in [0.29, 0.717) is 32.2 Å². The van der Waals surface area contributed by atoms with E-state index in [-0.39, 0.29) is 201 Å². The SMILES string of the molecule is COC(=O)C[C@H](C)CS(=O)(=O)Cl.COC(=O)C[C@H](C)CS(=O)(=O)NC1CCC1.C[C@@H](CC(=O)N1CCCC(F)(F)C1)CS(=O)(=O)NC1CCC1.C[C@@H](CC(=O)O)CS(=O)(=O)NC1CCC1.N[C@@H](CC(=O)N1CCCC(F)(F)C1)CS(=O)(=O)NC1CCC1.O=C(N[C@@H](CC(=O)N1CCCC(F)(F)C1)CS(=O)(=O)NC1CCC1)c1cc(-c2ccccc2C(F)(F)F)n(C2CCCC2)n1. The standard InChI is InChI=1S/C29H36F5N5O4S.C14H24F2N2O3S.C13H23F2N3O3S.C10H19NO4S.C9H17NO4S.C6H11ClO4S/c30-28(31)13-6-14-38(18-28)26(40)15-20(17-44(42,43)37-19-7-5-8-19)35-27(41)24-16-25(39(36-24)21-9-1-2-10-21)22-11-3-4-12-23(22)29(32,33)34;1-11(9-22(20,21)17-12-4-2-5-12)8-13(19)18-7-3-6-14(15,16)10-18;14-13(15)5-2-6-18(9-13)12(19)7-10(16)8-22(20,21)17-11-3-1-4-11;1-8(6-10(12)15-2)7-16(13,14)11-9-4-3-5-9;1-7(5-9(11)12)6-15(13,14)10-8-3-2-4-8;1-5(3-6(8)11-2)4-12(7,9)10/h3-4,11-12,16,19-21,37H,1-2,5-10,13-15,17-18H2,(H,35,41);11-12,17H,2-10H2,1H3;10-11,17H,1-9,16H2;8-9,11H,3-7H2,1-2H3;7-8,10H,2-6H2,1H3,(H,11,12);5H,3-4H2,1-2H3/t20-;11-;10-;8-;7-;5-/m000000/s1.